The lowest BCUT2D eigenvalue weighted by Crippen LogP contribution is -2.00. The Kier molecular flexibility index (Phi) is 4.37. The first kappa shape index (κ1) is 11.9. The van der Waals surface area contributed by atoms with Gasteiger partial charge in [0.2, 0.25) is 0 Å². The fraction of sp³-hybridized carbons (Fsp3) is 0.294. The third-order valence-corrected chi connectivity index (χ3v) is 3.13. The maximum Gasteiger partial charge on any atom is -0.0151 e. The maximum absolute atomic E-state index is 2.32. The van der Waals surface area contributed by atoms with Crippen molar-refractivity contribution in [1.29, 1.82) is 0 Å². The highest BCUT2D eigenvalue weighted by Gasteiger charge is 2.14. The van der Waals surface area contributed by atoms with Crippen LogP contribution in [0, 0.1) is 0 Å². The minimum atomic E-state index is 1.30. The third-order valence-electron chi connectivity index (χ3n) is 3.13. The van der Waals surface area contributed by atoms with Crippen LogP contribution in [0.2, 0.25) is 0 Å². The number of hydrogen-bond acceptors (Lipinski definition) is 0. The van der Waals surface area contributed by atoms with Crippen molar-refractivity contribution in [3.63, 3.8) is 0 Å². The quantitative estimate of drug-likeness (QED) is 0.542. The third kappa shape index (κ3) is 3.20. The number of rotatable bonds is 4. The average Bonchev–Trinajstić information content (AvgIpc) is 2.37. The van der Waals surface area contributed by atoms with E-state index < -0.39 is 0 Å². The van der Waals surface area contributed by atoms with E-state index in [1.165, 1.54) is 31.2 Å². The Balaban J connectivity index is 0.000000153. The van der Waals surface area contributed by atoms with Gasteiger partial charge in [0.15, 0.2) is 0 Å². The molecule has 0 saturated heterocycles. The largest absolute Gasteiger partial charge is 0.0654 e. The van der Waals surface area contributed by atoms with E-state index in [1.54, 1.807) is 11.1 Å². The molecule has 0 atom stereocenters. The van der Waals surface area contributed by atoms with Crippen LogP contribution in [0.1, 0.15) is 31.7 Å². The van der Waals surface area contributed by atoms with E-state index in [0.29, 0.717) is 0 Å². The average molecular weight is 224 g/mol. The Labute approximate surface area is 104 Å². The van der Waals surface area contributed by atoms with Crippen LogP contribution in [-0.4, -0.2) is 0 Å². The number of aryl methyl sites for hydroxylation is 1. The Morgan fingerprint density at radius 2 is 1.47 bits per heavy atom. The second kappa shape index (κ2) is 6.24. The molecule has 0 aromatic heterocycles. The van der Waals surface area contributed by atoms with Crippen LogP contribution in [0.3, 0.4) is 0 Å². The van der Waals surface area contributed by atoms with Gasteiger partial charge in [-0.3, -0.25) is 0 Å². The van der Waals surface area contributed by atoms with Crippen molar-refractivity contribution >= 4 is 0 Å². The molecule has 0 spiro atoms. The van der Waals surface area contributed by atoms with E-state index in [2.05, 4.69) is 25.1 Å². The van der Waals surface area contributed by atoms with Crippen molar-refractivity contribution in [3.05, 3.63) is 60.2 Å². The monoisotopic (exact) mass is 224 g/mol. The van der Waals surface area contributed by atoms with Crippen LogP contribution in [0.4, 0.5) is 0 Å². The standard InChI is InChI=1S/C11H14.C6H6/c1-2-3-4-5-9-8-10-6-7-11(9)10;1-2-4-6-5-3-1/h6-8H,2-5H2,1H3;1-6H. The van der Waals surface area contributed by atoms with Crippen molar-refractivity contribution in [2.24, 2.45) is 0 Å². The first-order valence-corrected chi connectivity index (χ1v) is 6.55. The first-order chi connectivity index (χ1) is 8.42. The molecule has 0 heterocycles. The van der Waals surface area contributed by atoms with Gasteiger partial charge in [-0.15, -0.1) is 0 Å². The molecule has 0 bridgehead atoms. The first-order valence-electron chi connectivity index (χ1n) is 6.55. The summed E-state index contributed by atoms with van der Waals surface area (Å²) in [5.41, 5.74) is 4.62. The van der Waals surface area contributed by atoms with Gasteiger partial charge in [0, 0.05) is 0 Å². The Hall–Kier alpha value is -1.56. The molecule has 0 saturated carbocycles. The van der Waals surface area contributed by atoms with Crippen molar-refractivity contribution < 1.29 is 0 Å². The Bertz CT molecular complexity index is 416. The molecule has 88 valence electrons. The van der Waals surface area contributed by atoms with Crippen LogP contribution in [0.5, 0.6) is 0 Å². The minimum Gasteiger partial charge on any atom is -0.0654 e. The van der Waals surface area contributed by atoms with Gasteiger partial charge in [0.05, 0.1) is 0 Å². The van der Waals surface area contributed by atoms with Gasteiger partial charge in [-0.25, -0.2) is 0 Å². The predicted octanol–water partition coefficient (Wildman–Crippen LogP) is 5.09. The van der Waals surface area contributed by atoms with Gasteiger partial charge < -0.3 is 0 Å². The number of hydrogen-bond donors (Lipinski definition) is 0. The molecule has 3 rings (SSSR count). The van der Waals surface area contributed by atoms with Gasteiger partial charge in [0.1, 0.15) is 0 Å². The molecular formula is C17H20. The zero-order chi connectivity index (χ0) is 11.9. The summed E-state index contributed by atoms with van der Waals surface area (Å²) in [6.45, 7) is 2.25. The lowest BCUT2D eigenvalue weighted by Gasteiger charge is -2.20. The molecule has 0 unspecified atom stereocenters. The normalized spacial score (nSPS) is 10.4. The smallest absolute Gasteiger partial charge is 0.0151 e. The van der Waals surface area contributed by atoms with Crippen molar-refractivity contribution in [3.8, 4) is 11.1 Å². The van der Waals surface area contributed by atoms with Crippen LogP contribution in [0.15, 0.2) is 54.6 Å². The van der Waals surface area contributed by atoms with Crippen molar-refractivity contribution in [1.82, 2.24) is 0 Å². The van der Waals surface area contributed by atoms with E-state index in [0.717, 1.165) is 0 Å². The van der Waals surface area contributed by atoms with E-state index in [4.69, 9.17) is 0 Å². The molecule has 2 aliphatic rings. The van der Waals surface area contributed by atoms with Crippen molar-refractivity contribution in [2.75, 3.05) is 0 Å². The predicted molar refractivity (Wildman–Crippen MR) is 75.1 cm³/mol. The second-order valence-electron chi connectivity index (χ2n) is 4.48. The molecule has 1 aromatic rings. The fourth-order valence-electron chi connectivity index (χ4n) is 2.03. The van der Waals surface area contributed by atoms with Crippen LogP contribution >= 0.6 is 0 Å². The maximum atomic E-state index is 2.32. The number of fused-ring (bicyclic) bond motifs is 1. The highest BCUT2D eigenvalue weighted by molar-refractivity contribution is 5.80. The SMILES string of the molecule is CCCCCc1cc2ccc1-2.c1ccccc1. The number of unbranched alkanes of at least 4 members (excludes halogenated alkanes) is 2. The van der Waals surface area contributed by atoms with Gasteiger partial charge in [-0.1, -0.05) is 74.4 Å². The van der Waals surface area contributed by atoms with Gasteiger partial charge in [0.25, 0.3) is 0 Å². The molecule has 0 fully saturated rings. The van der Waals surface area contributed by atoms with E-state index >= 15 is 0 Å². The summed E-state index contributed by atoms with van der Waals surface area (Å²) in [6.07, 6.45) is 5.38. The minimum absolute atomic E-state index is 1.30. The summed E-state index contributed by atoms with van der Waals surface area (Å²) in [5.74, 6) is 0. The highest BCUT2D eigenvalue weighted by Crippen LogP contribution is 2.37. The summed E-state index contributed by atoms with van der Waals surface area (Å²) < 4.78 is 0. The van der Waals surface area contributed by atoms with Gasteiger partial charge in [-0.2, -0.15) is 0 Å². The van der Waals surface area contributed by atoms with Crippen LogP contribution < -0.4 is 0 Å². The topological polar surface area (TPSA) is 0 Å². The second-order valence-corrected chi connectivity index (χ2v) is 4.48. The lowest BCUT2D eigenvalue weighted by molar-refractivity contribution is 0.716. The zero-order valence-corrected chi connectivity index (χ0v) is 10.5. The lowest BCUT2D eigenvalue weighted by atomic mass is 9.84. The molecular weight excluding hydrogens is 204 g/mol. The molecule has 0 heteroatoms. The van der Waals surface area contributed by atoms with E-state index in [1.807, 2.05) is 36.4 Å². The molecule has 0 amide bonds. The molecule has 0 nitrogen and oxygen atoms in total. The molecule has 0 N–H and O–H groups in total. The summed E-state index contributed by atoms with van der Waals surface area (Å²) in [7, 11) is 0. The van der Waals surface area contributed by atoms with Gasteiger partial charge >= 0.3 is 0 Å². The molecule has 0 radical (unpaired) electrons. The molecule has 1 aromatic carbocycles. The fourth-order valence-corrected chi connectivity index (χ4v) is 2.03. The molecule has 0 aliphatic heterocycles. The Morgan fingerprint density at radius 1 is 0.824 bits per heavy atom. The van der Waals surface area contributed by atoms with E-state index in [9.17, 15) is 0 Å². The highest BCUT2D eigenvalue weighted by atomic mass is 14.2. The summed E-state index contributed by atoms with van der Waals surface area (Å²) in [5, 5.41) is 0. The summed E-state index contributed by atoms with van der Waals surface area (Å²) >= 11 is 0. The van der Waals surface area contributed by atoms with E-state index in [-0.39, 0.29) is 0 Å². The molecule has 2 aliphatic carbocycles. The zero-order valence-electron chi connectivity index (χ0n) is 10.5. The molecule has 17 heavy (non-hydrogen) atoms. The Morgan fingerprint density at radius 3 is 1.82 bits per heavy atom. The van der Waals surface area contributed by atoms with Gasteiger partial charge in [-0.05, 0) is 29.5 Å². The van der Waals surface area contributed by atoms with Crippen LogP contribution in [-0.2, 0) is 6.42 Å². The summed E-state index contributed by atoms with van der Waals surface area (Å²) in [6, 6.07) is 18.8. The van der Waals surface area contributed by atoms with Crippen LogP contribution in [0.25, 0.3) is 11.1 Å². The summed E-state index contributed by atoms with van der Waals surface area (Å²) in [4.78, 5) is 0. The van der Waals surface area contributed by atoms with Crippen molar-refractivity contribution in [2.45, 2.75) is 32.6 Å². The number of benzene rings is 2.